The number of rotatable bonds is 5. The molecule has 3 heterocycles. The van der Waals surface area contributed by atoms with E-state index in [0.29, 0.717) is 25.9 Å². The van der Waals surface area contributed by atoms with E-state index in [1.54, 1.807) is 11.0 Å². The summed E-state index contributed by atoms with van der Waals surface area (Å²) in [4.78, 5) is 30.1. The fourth-order valence-electron chi connectivity index (χ4n) is 4.41. The Kier molecular flexibility index (Phi) is 7.14. The molecule has 10 heteroatoms. The highest BCUT2D eigenvalue weighted by molar-refractivity contribution is 7.89. The molecule has 0 bridgehead atoms. The molecule has 2 amide bonds. The van der Waals surface area contributed by atoms with E-state index in [1.165, 1.54) is 34.8 Å². The zero-order valence-electron chi connectivity index (χ0n) is 18.4. The van der Waals surface area contributed by atoms with Crippen molar-refractivity contribution in [1.29, 1.82) is 0 Å². The van der Waals surface area contributed by atoms with Crippen molar-refractivity contribution in [2.75, 3.05) is 31.5 Å². The molecule has 0 radical (unpaired) electrons. The molecule has 2 aromatic rings. The minimum Gasteiger partial charge on any atom is -0.356 e. The van der Waals surface area contributed by atoms with Crippen LogP contribution in [0.5, 0.6) is 0 Å². The van der Waals surface area contributed by atoms with Crippen molar-refractivity contribution < 1.29 is 22.4 Å². The number of nitrogens with one attached hydrogen (secondary N) is 2. The number of H-pyrrole nitrogens is 1. The van der Waals surface area contributed by atoms with E-state index < -0.39 is 27.7 Å². The molecule has 2 aliphatic rings. The Morgan fingerprint density at radius 1 is 1.03 bits per heavy atom. The Hall–Kier alpha value is -2.72. The standard InChI is InChI=1S/C23H29FN4O4S/c24-19-9-3-4-10-20(19)26-22(29)17-8-7-13-28(16-17)33(31,32)18-14-21(25-15-18)23(30)27-11-5-1-2-6-12-27/h3-4,9-10,14-15,17,25H,1-2,5-8,11-13,16H2,(H,26,29)/t17-/m1/s1. The van der Waals surface area contributed by atoms with Gasteiger partial charge >= 0.3 is 0 Å². The first-order valence-electron chi connectivity index (χ1n) is 11.4. The zero-order chi connectivity index (χ0) is 23.4. The van der Waals surface area contributed by atoms with Gasteiger partial charge in [-0.3, -0.25) is 9.59 Å². The van der Waals surface area contributed by atoms with E-state index in [2.05, 4.69) is 10.3 Å². The van der Waals surface area contributed by atoms with Gasteiger partial charge in [0.25, 0.3) is 5.91 Å². The number of benzene rings is 1. The lowest BCUT2D eigenvalue weighted by atomic mass is 9.98. The van der Waals surface area contributed by atoms with Gasteiger partial charge in [-0.15, -0.1) is 0 Å². The van der Waals surface area contributed by atoms with Gasteiger partial charge in [-0.25, -0.2) is 12.8 Å². The number of piperidine rings is 1. The van der Waals surface area contributed by atoms with E-state index in [-0.39, 0.29) is 35.3 Å². The fourth-order valence-corrected chi connectivity index (χ4v) is 5.93. The number of halogens is 1. The molecule has 8 nitrogen and oxygen atoms in total. The van der Waals surface area contributed by atoms with Crippen LogP contribution in [0.25, 0.3) is 0 Å². The third-order valence-electron chi connectivity index (χ3n) is 6.30. The summed E-state index contributed by atoms with van der Waals surface area (Å²) >= 11 is 0. The van der Waals surface area contributed by atoms with Gasteiger partial charge in [0.05, 0.1) is 11.6 Å². The first-order chi connectivity index (χ1) is 15.9. The van der Waals surface area contributed by atoms with Crippen LogP contribution >= 0.6 is 0 Å². The summed E-state index contributed by atoms with van der Waals surface area (Å²) in [5, 5.41) is 2.56. The highest BCUT2D eigenvalue weighted by Crippen LogP contribution is 2.26. The van der Waals surface area contributed by atoms with Gasteiger partial charge in [-0.1, -0.05) is 25.0 Å². The normalized spacial score (nSPS) is 20.3. The summed E-state index contributed by atoms with van der Waals surface area (Å²) in [7, 11) is -3.88. The van der Waals surface area contributed by atoms with Crippen molar-refractivity contribution in [2.45, 2.75) is 43.4 Å². The lowest BCUT2D eigenvalue weighted by Gasteiger charge is -2.31. The van der Waals surface area contributed by atoms with Crippen LogP contribution in [0.2, 0.25) is 0 Å². The largest absolute Gasteiger partial charge is 0.356 e. The van der Waals surface area contributed by atoms with Crippen molar-refractivity contribution in [3.63, 3.8) is 0 Å². The van der Waals surface area contributed by atoms with Crippen LogP contribution in [-0.4, -0.2) is 60.6 Å². The lowest BCUT2D eigenvalue weighted by molar-refractivity contribution is -0.120. The molecule has 2 aliphatic heterocycles. The smallest absolute Gasteiger partial charge is 0.270 e. The molecule has 0 saturated carbocycles. The number of aromatic amines is 1. The Morgan fingerprint density at radius 3 is 2.48 bits per heavy atom. The highest BCUT2D eigenvalue weighted by Gasteiger charge is 2.34. The molecule has 178 valence electrons. The van der Waals surface area contributed by atoms with Crippen molar-refractivity contribution >= 4 is 27.5 Å². The van der Waals surface area contributed by atoms with Crippen LogP contribution in [0.1, 0.15) is 49.0 Å². The van der Waals surface area contributed by atoms with Gasteiger partial charge in [-0.2, -0.15) is 4.31 Å². The molecule has 0 aliphatic carbocycles. The number of carbonyl (C=O) groups is 2. The predicted molar refractivity (Wildman–Crippen MR) is 122 cm³/mol. The van der Waals surface area contributed by atoms with Crippen LogP contribution < -0.4 is 5.32 Å². The van der Waals surface area contributed by atoms with E-state index in [4.69, 9.17) is 0 Å². The molecule has 33 heavy (non-hydrogen) atoms. The maximum absolute atomic E-state index is 13.9. The Labute approximate surface area is 193 Å². The Morgan fingerprint density at radius 2 is 1.76 bits per heavy atom. The number of nitrogens with zero attached hydrogens (tertiary/aromatic N) is 2. The number of carbonyl (C=O) groups excluding carboxylic acids is 2. The summed E-state index contributed by atoms with van der Waals surface area (Å²) in [6.45, 7) is 1.63. The van der Waals surface area contributed by atoms with E-state index in [9.17, 15) is 22.4 Å². The number of aromatic nitrogens is 1. The fraction of sp³-hybridized carbons (Fsp3) is 0.478. The summed E-state index contributed by atoms with van der Waals surface area (Å²) in [5.74, 6) is -1.74. The number of likely N-dealkylation sites (tertiary alicyclic amines) is 1. The van der Waals surface area contributed by atoms with E-state index >= 15 is 0 Å². The first kappa shape index (κ1) is 23.4. The minimum absolute atomic E-state index is 0.00318. The molecule has 2 fully saturated rings. The highest BCUT2D eigenvalue weighted by atomic mass is 32.2. The molecular weight excluding hydrogens is 447 g/mol. The predicted octanol–water partition coefficient (Wildman–Crippen LogP) is 3.21. The van der Waals surface area contributed by atoms with Gasteiger partial charge in [0.15, 0.2) is 0 Å². The van der Waals surface area contributed by atoms with Gasteiger partial charge < -0.3 is 15.2 Å². The van der Waals surface area contributed by atoms with Crippen LogP contribution in [0.3, 0.4) is 0 Å². The molecule has 1 atom stereocenters. The quantitative estimate of drug-likeness (QED) is 0.692. The van der Waals surface area contributed by atoms with Gasteiger partial charge in [0.2, 0.25) is 15.9 Å². The zero-order valence-corrected chi connectivity index (χ0v) is 19.2. The van der Waals surface area contributed by atoms with Gasteiger partial charge in [0.1, 0.15) is 16.4 Å². The van der Waals surface area contributed by atoms with Gasteiger partial charge in [-0.05, 0) is 43.9 Å². The van der Waals surface area contributed by atoms with E-state index in [0.717, 1.165) is 25.7 Å². The maximum Gasteiger partial charge on any atom is 0.270 e. The average molecular weight is 477 g/mol. The van der Waals surface area contributed by atoms with Crippen LogP contribution in [-0.2, 0) is 14.8 Å². The molecule has 2 saturated heterocycles. The number of amides is 2. The van der Waals surface area contributed by atoms with Crippen molar-refractivity contribution in [2.24, 2.45) is 5.92 Å². The number of anilines is 1. The number of sulfonamides is 1. The average Bonchev–Trinajstić information content (AvgIpc) is 3.17. The second-order valence-electron chi connectivity index (χ2n) is 8.63. The SMILES string of the molecule is O=C(Nc1ccccc1F)[C@@H]1CCCN(S(=O)(=O)c2c[nH]c(C(=O)N3CCCCCC3)c2)C1. The second kappa shape index (κ2) is 10.0. The summed E-state index contributed by atoms with van der Waals surface area (Å²) in [5.41, 5.74) is 0.325. The third-order valence-corrected chi connectivity index (χ3v) is 8.15. The molecule has 1 aromatic carbocycles. The van der Waals surface area contributed by atoms with Crippen molar-refractivity contribution in [3.05, 3.63) is 48.0 Å². The number of hydrogen-bond donors (Lipinski definition) is 2. The molecule has 0 spiro atoms. The Balaban J connectivity index is 1.44. The molecule has 2 N–H and O–H groups in total. The van der Waals surface area contributed by atoms with Crippen LogP contribution in [0.15, 0.2) is 41.4 Å². The lowest BCUT2D eigenvalue weighted by Crippen LogP contribution is -2.43. The first-order valence-corrected chi connectivity index (χ1v) is 12.8. The molecule has 4 rings (SSSR count). The second-order valence-corrected chi connectivity index (χ2v) is 10.6. The van der Waals surface area contributed by atoms with E-state index in [1.807, 2.05) is 0 Å². The van der Waals surface area contributed by atoms with Crippen LogP contribution in [0.4, 0.5) is 10.1 Å². The number of hydrogen-bond acceptors (Lipinski definition) is 4. The monoisotopic (exact) mass is 476 g/mol. The third kappa shape index (κ3) is 5.27. The van der Waals surface area contributed by atoms with Crippen LogP contribution in [0, 0.1) is 11.7 Å². The summed E-state index contributed by atoms with van der Waals surface area (Å²) in [6.07, 6.45) is 6.44. The molecular formula is C23H29FN4O4S. The molecule has 0 unspecified atom stereocenters. The maximum atomic E-state index is 13.9. The summed E-state index contributed by atoms with van der Waals surface area (Å²) in [6, 6.07) is 7.25. The minimum atomic E-state index is -3.88. The van der Waals surface area contributed by atoms with Crippen molar-refractivity contribution in [3.8, 4) is 0 Å². The van der Waals surface area contributed by atoms with Crippen molar-refractivity contribution in [1.82, 2.24) is 14.2 Å². The summed E-state index contributed by atoms with van der Waals surface area (Å²) < 4.78 is 41.6. The topological polar surface area (TPSA) is 103 Å². The molecule has 1 aromatic heterocycles. The Bertz CT molecular complexity index is 1110. The number of para-hydroxylation sites is 1. The van der Waals surface area contributed by atoms with Gasteiger partial charge in [0, 0.05) is 32.4 Å².